The Kier molecular flexibility index (Phi) is 20.0. The number of hydrogen-bond acceptors (Lipinski definition) is 1. The van der Waals surface area contributed by atoms with Gasteiger partial charge in [-0.2, -0.15) is 0 Å². The fourth-order valence-corrected chi connectivity index (χ4v) is 0.619. The smallest absolute Gasteiger partial charge is 0.166 e. The number of thiocarbonyl (C=S) groups is 1. The lowest BCUT2D eigenvalue weighted by Crippen LogP contribution is -2.19. The summed E-state index contributed by atoms with van der Waals surface area (Å²) in [6.45, 7) is 5.97. The summed E-state index contributed by atoms with van der Waals surface area (Å²) in [6.07, 6.45) is 0. The molecule has 0 atom stereocenters. The molecule has 64 valence electrons. The summed E-state index contributed by atoms with van der Waals surface area (Å²) in [4.78, 5) is 0. The lowest BCUT2D eigenvalue weighted by Gasteiger charge is -1.85. The zero-order valence-corrected chi connectivity index (χ0v) is 8.59. The van der Waals surface area contributed by atoms with E-state index in [1.54, 1.807) is 0 Å². The lowest BCUT2D eigenvalue weighted by molar-refractivity contribution is 0.942. The summed E-state index contributed by atoms with van der Waals surface area (Å²) in [5.74, 6) is 0. The van der Waals surface area contributed by atoms with Crippen LogP contribution >= 0.6 is 37.0 Å². The zero-order chi connectivity index (χ0) is 6.41. The Hall–Kier alpha value is 0.270. The summed E-state index contributed by atoms with van der Waals surface area (Å²) in [5, 5.41) is 6.67. The van der Waals surface area contributed by atoms with Crippen molar-refractivity contribution in [3.8, 4) is 0 Å². The molecule has 5 heteroatoms. The van der Waals surface area contributed by atoms with Gasteiger partial charge in [0.15, 0.2) is 5.11 Å². The number of halogens is 2. The second kappa shape index (κ2) is 12.0. The SMILES string of the molecule is CC.Cl.Cl.S=C1NCCN1. The van der Waals surface area contributed by atoms with Crippen LogP contribution < -0.4 is 10.6 Å². The van der Waals surface area contributed by atoms with Crippen molar-refractivity contribution in [2.75, 3.05) is 13.1 Å². The molecule has 0 spiro atoms. The fourth-order valence-electron chi connectivity index (χ4n) is 0.415. The molecule has 0 aliphatic carbocycles. The van der Waals surface area contributed by atoms with Crippen LogP contribution in [0.1, 0.15) is 13.8 Å². The average molecular weight is 205 g/mol. The van der Waals surface area contributed by atoms with Gasteiger partial charge in [-0.25, -0.2) is 0 Å². The van der Waals surface area contributed by atoms with Crippen LogP contribution in [0.4, 0.5) is 0 Å². The van der Waals surface area contributed by atoms with Crippen molar-refractivity contribution in [3.63, 3.8) is 0 Å². The number of nitrogens with one attached hydrogen (secondary N) is 2. The maximum absolute atomic E-state index is 4.70. The van der Waals surface area contributed by atoms with Crippen molar-refractivity contribution < 1.29 is 0 Å². The minimum Gasteiger partial charge on any atom is -0.361 e. The van der Waals surface area contributed by atoms with E-state index >= 15 is 0 Å². The third-order valence-electron chi connectivity index (χ3n) is 0.696. The molecular weight excluding hydrogens is 191 g/mol. The first kappa shape index (κ1) is 16.7. The van der Waals surface area contributed by atoms with E-state index in [9.17, 15) is 0 Å². The molecule has 10 heavy (non-hydrogen) atoms. The largest absolute Gasteiger partial charge is 0.361 e. The third-order valence-corrected chi connectivity index (χ3v) is 0.985. The Morgan fingerprint density at radius 2 is 1.40 bits per heavy atom. The van der Waals surface area contributed by atoms with Crippen molar-refractivity contribution in [1.29, 1.82) is 0 Å². The molecule has 1 aliphatic rings. The quantitative estimate of drug-likeness (QED) is 0.583. The van der Waals surface area contributed by atoms with Gasteiger partial charge in [0.1, 0.15) is 0 Å². The molecule has 2 N–H and O–H groups in total. The Morgan fingerprint density at radius 1 is 1.10 bits per heavy atom. The minimum absolute atomic E-state index is 0. The highest BCUT2D eigenvalue weighted by molar-refractivity contribution is 7.80. The minimum atomic E-state index is 0. The van der Waals surface area contributed by atoms with E-state index in [1.165, 1.54) is 0 Å². The predicted octanol–water partition coefficient (Wildman–Crippen LogP) is 1.33. The summed E-state index contributed by atoms with van der Waals surface area (Å²) in [6, 6.07) is 0. The highest BCUT2D eigenvalue weighted by atomic mass is 35.5. The van der Waals surface area contributed by atoms with Crippen molar-refractivity contribution in [2.45, 2.75) is 13.8 Å². The highest BCUT2D eigenvalue weighted by Gasteiger charge is 1.98. The first-order valence-electron chi connectivity index (χ1n) is 2.91. The predicted molar refractivity (Wildman–Crippen MR) is 54.4 cm³/mol. The van der Waals surface area contributed by atoms with E-state index < -0.39 is 0 Å². The van der Waals surface area contributed by atoms with E-state index in [2.05, 4.69) is 10.6 Å². The van der Waals surface area contributed by atoms with Gasteiger partial charge >= 0.3 is 0 Å². The highest BCUT2D eigenvalue weighted by Crippen LogP contribution is 1.71. The lowest BCUT2D eigenvalue weighted by atomic mass is 10.7. The summed E-state index contributed by atoms with van der Waals surface area (Å²) in [5.41, 5.74) is 0. The Morgan fingerprint density at radius 3 is 1.50 bits per heavy atom. The van der Waals surface area contributed by atoms with E-state index in [-0.39, 0.29) is 24.8 Å². The molecule has 1 heterocycles. The molecule has 2 nitrogen and oxygen atoms in total. The van der Waals surface area contributed by atoms with Gasteiger partial charge in [0.2, 0.25) is 0 Å². The van der Waals surface area contributed by atoms with Crippen LogP contribution in [0.15, 0.2) is 0 Å². The first-order chi connectivity index (χ1) is 3.89. The first-order valence-corrected chi connectivity index (χ1v) is 3.32. The molecular formula is C5H14Cl2N2S. The van der Waals surface area contributed by atoms with Gasteiger partial charge in [-0.05, 0) is 12.2 Å². The second-order valence-electron chi connectivity index (χ2n) is 1.18. The van der Waals surface area contributed by atoms with Crippen LogP contribution in [0.2, 0.25) is 0 Å². The number of hydrogen-bond donors (Lipinski definition) is 2. The molecule has 0 aromatic rings. The van der Waals surface area contributed by atoms with E-state index in [4.69, 9.17) is 12.2 Å². The molecule has 1 aliphatic heterocycles. The average Bonchev–Trinajstić information content (AvgIpc) is 2.24. The molecule has 0 saturated carbocycles. The Bertz CT molecular complexity index is 72.0. The van der Waals surface area contributed by atoms with Gasteiger partial charge in [-0.3, -0.25) is 0 Å². The zero-order valence-electron chi connectivity index (χ0n) is 6.14. The normalized spacial score (nSPS) is 12.4. The van der Waals surface area contributed by atoms with Crippen LogP contribution in [-0.2, 0) is 0 Å². The monoisotopic (exact) mass is 204 g/mol. The van der Waals surface area contributed by atoms with Crippen LogP contribution in [0.25, 0.3) is 0 Å². The van der Waals surface area contributed by atoms with Gasteiger partial charge in [0.25, 0.3) is 0 Å². The van der Waals surface area contributed by atoms with E-state index in [1.807, 2.05) is 13.8 Å². The summed E-state index contributed by atoms with van der Waals surface area (Å²) >= 11 is 4.70. The van der Waals surface area contributed by atoms with Gasteiger partial charge in [0.05, 0.1) is 0 Å². The van der Waals surface area contributed by atoms with Crippen molar-refractivity contribution >= 4 is 42.1 Å². The maximum Gasteiger partial charge on any atom is 0.166 e. The van der Waals surface area contributed by atoms with Crippen molar-refractivity contribution in [1.82, 2.24) is 10.6 Å². The third kappa shape index (κ3) is 8.27. The van der Waals surface area contributed by atoms with E-state index in [0.29, 0.717) is 0 Å². The van der Waals surface area contributed by atoms with Crippen molar-refractivity contribution in [3.05, 3.63) is 0 Å². The topological polar surface area (TPSA) is 24.1 Å². The van der Waals surface area contributed by atoms with Gasteiger partial charge in [-0.15, -0.1) is 24.8 Å². The summed E-state index contributed by atoms with van der Waals surface area (Å²) < 4.78 is 0. The standard InChI is InChI=1S/C3H6N2S.C2H6.2ClH/c6-3-4-1-2-5-3;1-2;;/h1-2H2,(H2,4,5,6);1-2H3;2*1H. The van der Waals surface area contributed by atoms with Gasteiger partial charge in [0, 0.05) is 13.1 Å². The molecule has 0 radical (unpaired) electrons. The fraction of sp³-hybridized carbons (Fsp3) is 0.800. The second-order valence-corrected chi connectivity index (χ2v) is 1.59. The Balaban J connectivity index is -0.000000114. The van der Waals surface area contributed by atoms with Gasteiger partial charge in [-0.1, -0.05) is 13.8 Å². The molecule has 0 bridgehead atoms. The van der Waals surface area contributed by atoms with E-state index in [0.717, 1.165) is 18.2 Å². The molecule has 0 aromatic heterocycles. The molecule has 1 fully saturated rings. The van der Waals surface area contributed by atoms with Crippen LogP contribution in [0, 0.1) is 0 Å². The van der Waals surface area contributed by atoms with Gasteiger partial charge < -0.3 is 10.6 Å². The molecule has 1 saturated heterocycles. The van der Waals surface area contributed by atoms with Crippen LogP contribution in [0.3, 0.4) is 0 Å². The summed E-state index contributed by atoms with van der Waals surface area (Å²) in [7, 11) is 0. The maximum atomic E-state index is 4.70. The Labute approximate surface area is 80.0 Å². The number of rotatable bonds is 0. The molecule has 0 unspecified atom stereocenters. The van der Waals surface area contributed by atoms with Crippen LogP contribution in [0.5, 0.6) is 0 Å². The molecule has 1 rings (SSSR count). The van der Waals surface area contributed by atoms with Crippen LogP contribution in [-0.4, -0.2) is 18.2 Å². The van der Waals surface area contributed by atoms with Crippen molar-refractivity contribution in [2.24, 2.45) is 0 Å². The molecule has 0 amide bonds. The molecule has 0 aromatic carbocycles.